The van der Waals surface area contributed by atoms with Crippen molar-refractivity contribution in [1.29, 1.82) is 0 Å². The molecular formula is C16H19N5O. The molecule has 1 aromatic carbocycles. The van der Waals surface area contributed by atoms with Crippen molar-refractivity contribution in [2.75, 3.05) is 23.3 Å². The van der Waals surface area contributed by atoms with Gasteiger partial charge in [0.2, 0.25) is 0 Å². The maximum atomic E-state index is 11.9. The van der Waals surface area contributed by atoms with Gasteiger partial charge in [0, 0.05) is 25.7 Å². The van der Waals surface area contributed by atoms with Gasteiger partial charge in [-0.25, -0.2) is 14.8 Å². The molecule has 0 saturated carbocycles. The van der Waals surface area contributed by atoms with Crippen molar-refractivity contribution in [3.63, 3.8) is 0 Å². The summed E-state index contributed by atoms with van der Waals surface area (Å²) in [6, 6.07) is 11.3. The molecule has 1 aliphatic heterocycles. The third-order valence-corrected chi connectivity index (χ3v) is 3.62. The molecule has 0 radical (unpaired) electrons. The van der Waals surface area contributed by atoms with Gasteiger partial charge in [-0.15, -0.1) is 0 Å². The van der Waals surface area contributed by atoms with Crippen LogP contribution in [0, 0.1) is 0 Å². The predicted octanol–water partition coefficient (Wildman–Crippen LogP) is 2.40. The molecule has 2 amide bonds. The van der Waals surface area contributed by atoms with Crippen LogP contribution >= 0.6 is 0 Å². The molecule has 1 saturated heterocycles. The minimum absolute atomic E-state index is 0.269. The number of urea groups is 1. The van der Waals surface area contributed by atoms with Crippen molar-refractivity contribution in [2.24, 2.45) is 0 Å². The quantitative estimate of drug-likeness (QED) is 0.909. The van der Waals surface area contributed by atoms with E-state index < -0.39 is 0 Å². The zero-order chi connectivity index (χ0) is 15.2. The third kappa shape index (κ3) is 3.72. The smallest absolute Gasteiger partial charge is 0.320 e. The number of aromatic nitrogens is 2. The molecule has 114 valence electrons. The van der Waals surface area contributed by atoms with E-state index in [1.54, 1.807) is 0 Å². The van der Waals surface area contributed by atoms with Gasteiger partial charge < -0.3 is 10.2 Å². The first-order valence-corrected chi connectivity index (χ1v) is 7.47. The van der Waals surface area contributed by atoms with Crippen molar-refractivity contribution in [3.8, 4) is 0 Å². The van der Waals surface area contributed by atoms with Gasteiger partial charge in [0.25, 0.3) is 0 Å². The average molecular weight is 297 g/mol. The van der Waals surface area contributed by atoms with Crippen molar-refractivity contribution in [1.82, 2.24) is 15.3 Å². The summed E-state index contributed by atoms with van der Waals surface area (Å²) in [4.78, 5) is 22.5. The van der Waals surface area contributed by atoms with Crippen molar-refractivity contribution in [2.45, 2.75) is 19.4 Å². The van der Waals surface area contributed by atoms with E-state index in [9.17, 15) is 4.79 Å². The summed E-state index contributed by atoms with van der Waals surface area (Å²) >= 11 is 0. The first kappa shape index (κ1) is 14.3. The minimum Gasteiger partial charge on any atom is -0.356 e. The van der Waals surface area contributed by atoms with Crippen LogP contribution in [-0.2, 0) is 6.54 Å². The summed E-state index contributed by atoms with van der Waals surface area (Å²) in [6.45, 7) is 2.50. The molecule has 0 aliphatic carbocycles. The number of carbonyl (C=O) groups is 1. The third-order valence-electron chi connectivity index (χ3n) is 3.62. The predicted molar refractivity (Wildman–Crippen MR) is 85.8 cm³/mol. The standard InChI is InChI=1S/C16H19N5O/c22-16(17-11-13-6-2-1-3-7-13)20-14-10-15(19-12-18-14)21-8-4-5-9-21/h1-3,6-7,10,12H,4-5,8-9,11H2,(H2,17,18,19,20,22). The van der Waals surface area contributed by atoms with Gasteiger partial charge >= 0.3 is 6.03 Å². The lowest BCUT2D eigenvalue weighted by molar-refractivity contribution is 0.251. The summed E-state index contributed by atoms with van der Waals surface area (Å²) < 4.78 is 0. The number of rotatable bonds is 4. The van der Waals surface area contributed by atoms with E-state index in [1.165, 1.54) is 19.2 Å². The van der Waals surface area contributed by atoms with Gasteiger partial charge in [0.1, 0.15) is 18.0 Å². The number of hydrogen-bond donors (Lipinski definition) is 2. The van der Waals surface area contributed by atoms with Crippen molar-refractivity contribution >= 4 is 17.7 Å². The topological polar surface area (TPSA) is 70.2 Å². The molecule has 22 heavy (non-hydrogen) atoms. The first-order valence-electron chi connectivity index (χ1n) is 7.47. The Morgan fingerprint density at radius 3 is 2.68 bits per heavy atom. The van der Waals surface area contributed by atoms with Gasteiger partial charge in [0.05, 0.1) is 0 Å². The maximum Gasteiger partial charge on any atom is 0.320 e. The van der Waals surface area contributed by atoms with Gasteiger partial charge in [-0.3, -0.25) is 5.32 Å². The van der Waals surface area contributed by atoms with Crippen LogP contribution in [0.25, 0.3) is 0 Å². The maximum absolute atomic E-state index is 11.9. The Morgan fingerprint density at radius 1 is 1.14 bits per heavy atom. The fourth-order valence-electron chi connectivity index (χ4n) is 2.47. The molecule has 2 heterocycles. The molecule has 6 nitrogen and oxygen atoms in total. The van der Waals surface area contributed by atoms with Crippen LogP contribution in [0.5, 0.6) is 0 Å². The SMILES string of the molecule is O=C(NCc1ccccc1)Nc1cc(N2CCCC2)ncn1. The summed E-state index contributed by atoms with van der Waals surface area (Å²) in [5, 5.41) is 5.56. The molecule has 3 rings (SSSR count). The highest BCUT2D eigenvalue weighted by molar-refractivity contribution is 5.88. The lowest BCUT2D eigenvalue weighted by Crippen LogP contribution is -2.28. The molecule has 2 aromatic rings. The molecule has 1 aromatic heterocycles. The molecule has 1 fully saturated rings. The van der Waals surface area contributed by atoms with Crippen LogP contribution in [0.1, 0.15) is 18.4 Å². The lowest BCUT2D eigenvalue weighted by atomic mass is 10.2. The molecule has 6 heteroatoms. The number of carbonyl (C=O) groups excluding carboxylic acids is 1. The monoisotopic (exact) mass is 297 g/mol. The van der Waals surface area contributed by atoms with E-state index in [1.807, 2.05) is 36.4 Å². The Bertz CT molecular complexity index is 625. The zero-order valence-electron chi connectivity index (χ0n) is 12.3. The summed E-state index contributed by atoms with van der Waals surface area (Å²) in [5.74, 6) is 1.38. The summed E-state index contributed by atoms with van der Waals surface area (Å²) in [7, 11) is 0. The van der Waals surface area contributed by atoms with E-state index in [0.717, 1.165) is 24.5 Å². The molecular weight excluding hydrogens is 278 g/mol. The second kappa shape index (κ2) is 6.89. The Balaban J connectivity index is 1.56. The highest BCUT2D eigenvalue weighted by atomic mass is 16.2. The minimum atomic E-state index is -0.269. The zero-order valence-corrected chi connectivity index (χ0v) is 12.3. The number of nitrogens with zero attached hydrogens (tertiary/aromatic N) is 3. The van der Waals surface area contributed by atoms with Crippen LogP contribution in [0.4, 0.5) is 16.4 Å². The second-order valence-electron chi connectivity index (χ2n) is 5.25. The largest absolute Gasteiger partial charge is 0.356 e. The molecule has 2 N–H and O–H groups in total. The molecule has 0 bridgehead atoms. The van der Waals surface area contributed by atoms with Crippen molar-refractivity contribution < 1.29 is 4.79 Å². The summed E-state index contributed by atoms with van der Waals surface area (Å²) in [6.07, 6.45) is 3.86. The van der Waals surface area contributed by atoms with Gasteiger partial charge in [-0.1, -0.05) is 30.3 Å². The second-order valence-corrected chi connectivity index (χ2v) is 5.25. The fourth-order valence-corrected chi connectivity index (χ4v) is 2.47. The van der Waals surface area contributed by atoms with Crippen LogP contribution in [0.2, 0.25) is 0 Å². The Labute approximate surface area is 129 Å². The van der Waals surface area contributed by atoms with Crippen LogP contribution in [-0.4, -0.2) is 29.1 Å². The van der Waals surface area contributed by atoms with E-state index in [-0.39, 0.29) is 6.03 Å². The first-order chi connectivity index (χ1) is 10.8. The van der Waals surface area contributed by atoms with E-state index in [4.69, 9.17) is 0 Å². The number of nitrogens with one attached hydrogen (secondary N) is 2. The van der Waals surface area contributed by atoms with Crippen LogP contribution in [0.15, 0.2) is 42.7 Å². The number of hydrogen-bond acceptors (Lipinski definition) is 4. The van der Waals surface area contributed by atoms with Gasteiger partial charge in [-0.2, -0.15) is 0 Å². The Hall–Kier alpha value is -2.63. The highest BCUT2D eigenvalue weighted by Gasteiger charge is 2.14. The van der Waals surface area contributed by atoms with E-state index >= 15 is 0 Å². The van der Waals surface area contributed by atoms with Gasteiger partial charge in [0.15, 0.2) is 0 Å². The fraction of sp³-hybridized carbons (Fsp3) is 0.312. The lowest BCUT2D eigenvalue weighted by Gasteiger charge is -2.16. The number of benzene rings is 1. The Morgan fingerprint density at radius 2 is 1.91 bits per heavy atom. The number of amides is 2. The Kier molecular flexibility index (Phi) is 4.48. The van der Waals surface area contributed by atoms with E-state index in [2.05, 4.69) is 25.5 Å². The molecule has 1 aliphatic rings. The van der Waals surface area contributed by atoms with Crippen molar-refractivity contribution in [3.05, 3.63) is 48.3 Å². The van der Waals surface area contributed by atoms with Crippen LogP contribution < -0.4 is 15.5 Å². The van der Waals surface area contributed by atoms with E-state index in [0.29, 0.717) is 12.4 Å². The average Bonchev–Trinajstić information content (AvgIpc) is 3.09. The molecule has 0 atom stereocenters. The number of anilines is 2. The normalized spacial score (nSPS) is 13.9. The molecule has 0 spiro atoms. The van der Waals surface area contributed by atoms with Crippen LogP contribution in [0.3, 0.4) is 0 Å². The highest BCUT2D eigenvalue weighted by Crippen LogP contribution is 2.19. The molecule has 0 unspecified atom stereocenters. The van der Waals surface area contributed by atoms with Gasteiger partial charge in [-0.05, 0) is 18.4 Å². The summed E-state index contributed by atoms with van der Waals surface area (Å²) in [5.41, 5.74) is 1.05.